The third-order valence-corrected chi connectivity index (χ3v) is 6.50. The molecule has 188 valence electrons. The van der Waals surface area contributed by atoms with Gasteiger partial charge in [0.2, 0.25) is 0 Å². The van der Waals surface area contributed by atoms with E-state index < -0.39 is 83.1 Å². The molecule has 0 atom stereocenters. The SMILES string of the molecule is O.O=S(=O)([O-])c1cc(O)c(O)c(S(=O)(=O)[O-])c1.O=S(=O)([O-])c1cc(O)c(O)c(S(=O)(=O)[O-])c1.[Na+].[Na+].[Na+].[Na+]. The van der Waals surface area contributed by atoms with Crippen LogP contribution in [0.3, 0.4) is 0 Å². The molecule has 0 saturated carbocycles. The molecule has 0 fully saturated rings. The maximum absolute atomic E-state index is 10.6. The second-order valence-corrected chi connectivity index (χ2v) is 10.9. The van der Waals surface area contributed by atoms with Gasteiger partial charge >= 0.3 is 118 Å². The van der Waals surface area contributed by atoms with Crippen LogP contribution in [0.1, 0.15) is 0 Å². The molecule has 2 aromatic rings. The van der Waals surface area contributed by atoms with Gasteiger partial charge in [0.15, 0.2) is 23.0 Å². The Morgan fingerprint density at radius 3 is 0.838 bits per heavy atom. The average Bonchev–Trinajstić information content (AvgIpc) is 2.56. The van der Waals surface area contributed by atoms with Crippen LogP contribution < -0.4 is 118 Å². The Balaban J connectivity index is -0.000000163. The van der Waals surface area contributed by atoms with Gasteiger partial charge in [0, 0.05) is 12.1 Å². The fourth-order valence-electron chi connectivity index (χ4n) is 1.81. The molecule has 2 rings (SSSR count). The number of phenolic OH excluding ortho intramolecular Hbond substituents is 4. The predicted molar refractivity (Wildman–Crippen MR) is 95.0 cm³/mol. The molecule has 0 aromatic heterocycles. The number of hydrogen-bond donors (Lipinski definition) is 4. The third kappa shape index (κ3) is 14.1. The second kappa shape index (κ2) is 17.3. The molecule has 25 heteroatoms. The molecule has 0 aliphatic carbocycles. The number of benzene rings is 2. The minimum absolute atomic E-state index is 0. The van der Waals surface area contributed by atoms with E-state index in [0.29, 0.717) is 12.1 Å². The average molecular weight is 646 g/mol. The van der Waals surface area contributed by atoms with Crippen molar-refractivity contribution in [2.75, 3.05) is 0 Å². The van der Waals surface area contributed by atoms with Gasteiger partial charge in [0.25, 0.3) is 0 Å². The summed E-state index contributed by atoms with van der Waals surface area (Å²) in [4.78, 5) is -5.00. The molecule has 2 aromatic carbocycles. The van der Waals surface area contributed by atoms with Crippen molar-refractivity contribution in [2.45, 2.75) is 19.6 Å². The Morgan fingerprint density at radius 2 is 0.676 bits per heavy atom. The molecular formula is C12H10Na4O17S4. The van der Waals surface area contributed by atoms with E-state index in [2.05, 4.69) is 0 Å². The predicted octanol–water partition coefficient (Wildman–Crippen LogP) is -15.0. The monoisotopic (exact) mass is 646 g/mol. The zero-order chi connectivity index (χ0) is 25.4. The van der Waals surface area contributed by atoms with Gasteiger partial charge in [-0.05, 0) is 12.1 Å². The fraction of sp³-hybridized carbons (Fsp3) is 0. The van der Waals surface area contributed by atoms with Crippen molar-refractivity contribution in [3.8, 4) is 23.0 Å². The first-order chi connectivity index (χ1) is 14.1. The summed E-state index contributed by atoms with van der Waals surface area (Å²) in [5.41, 5.74) is 0. The Labute approximate surface area is 298 Å². The molecular weight excluding hydrogens is 636 g/mol. The largest absolute Gasteiger partial charge is 1.00 e. The smallest absolute Gasteiger partial charge is 0.744 e. The number of aromatic hydroxyl groups is 4. The van der Waals surface area contributed by atoms with Crippen molar-refractivity contribution in [3.05, 3.63) is 24.3 Å². The van der Waals surface area contributed by atoms with Gasteiger partial charge in [-0.3, -0.25) is 0 Å². The van der Waals surface area contributed by atoms with E-state index in [-0.39, 0.29) is 136 Å². The first-order valence-corrected chi connectivity index (χ1v) is 12.7. The quantitative estimate of drug-likeness (QED) is 0.136. The van der Waals surface area contributed by atoms with E-state index >= 15 is 0 Å². The van der Waals surface area contributed by atoms with Crippen molar-refractivity contribution in [2.24, 2.45) is 0 Å². The summed E-state index contributed by atoms with van der Waals surface area (Å²) in [5.74, 6) is -4.98. The molecule has 6 N–H and O–H groups in total. The summed E-state index contributed by atoms with van der Waals surface area (Å²) in [7, 11) is -20.5. The van der Waals surface area contributed by atoms with Crippen LogP contribution in [0.5, 0.6) is 23.0 Å². The van der Waals surface area contributed by atoms with Crippen LogP contribution in [0.15, 0.2) is 43.8 Å². The van der Waals surface area contributed by atoms with E-state index in [1.165, 1.54) is 0 Å². The number of rotatable bonds is 4. The minimum atomic E-state index is -5.20. The van der Waals surface area contributed by atoms with Crippen molar-refractivity contribution in [3.63, 3.8) is 0 Å². The van der Waals surface area contributed by atoms with Gasteiger partial charge in [-0.1, -0.05) is 0 Å². The zero-order valence-corrected chi connectivity index (χ0v) is 30.4. The fourth-order valence-corrected chi connectivity index (χ4v) is 4.22. The topological polar surface area (TPSA) is 341 Å². The van der Waals surface area contributed by atoms with E-state index in [4.69, 9.17) is 20.4 Å². The Morgan fingerprint density at radius 1 is 0.459 bits per heavy atom. The van der Waals surface area contributed by atoms with Crippen LogP contribution in [0.25, 0.3) is 0 Å². The Bertz CT molecular complexity index is 1390. The van der Waals surface area contributed by atoms with Gasteiger partial charge in [0.1, 0.15) is 50.3 Å². The molecule has 0 amide bonds. The first kappa shape index (κ1) is 48.0. The van der Waals surface area contributed by atoms with Crippen molar-refractivity contribution in [1.82, 2.24) is 0 Å². The van der Waals surface area contributed by atoms with Crippen LogP contribution in [0, 0.1) is 0 Å². The molecule has 0 heterocycles. The number of hydrogen-bond acceptors (Lipinski definition) is 16. The van der Waals surface area contributed by atoms with E-state index in [9.17, 15) is 51.9 Å². The van der Waals surface area contributed by atoms with Crippen LogP contribution >= 0.6 is 0 Å². The summed E-state index contributed by atoms with van der Waals surface area (Å²) in [6.45, 7) is 0. The summed E-state index contributed by atoms with van der Waals surface area (Å²) in [6.07, 6.45) is 0. The molecule has 0 saturated heterocycles. The summed E-state index contributed by atoms with van der Waals surface area (Å²) in [5, 5.41) is 35.9. The first-order valence-electron chi connectivity index (χ1n) is 7.02. The minimum Gasteiger partial charge on any atom is -0.744 e. The molecule has 0 radical (unpaired) electrons. The summed E-state index contributed by atoms with van der Waals surface area (Å²) >= 11 is 0. The Hall–Kier alpha value is 1.24. The van der Waals surface area contributed by atoms with Gasteiger partial charge in [-0.2, -0.15) is 0 Å². The zero-order valence-electron chi connectivity index (χ0n) is 19.1. The van der Waals surface area contributed by atoms with Crippen molar-refractivity contribution >= 4 is 40.5 Å². The molecule has 37 heavy (non-hydrogen) atoms. The van der Waals surface area contributed by atoms with E-state index in [1.807, 2.05) is 0 Å². The van der Waals surface area contributed by atoms with Crippen LogP contribution in [-0.2, 0) is 40.5 Å². The van der Waals surface area contributed by atoms with Crippen molar-refractivity contribution < 1.29 is 196 Å². The number of phenols is 4. The normalized spacial score (nSPS) is 10.9. The maximum Gasteiger partial charge on any atom is 1.00 e. The van der Waals surface area contributed by atoms with E-state index in [1.54, 1.807) is 0 Å². The molecule has 0 unspecified atom stereocenters. The standard InChI is InChI=1S/2C6H6O8S2.4Na.H2O/c2*7-4-1-3(15(9,10)11)2-5(6(4)8)16(12,13)14;;;;;/h2*1-2,7-8H,(H,9,10,11)(H,12,13,14);;;;;1H2/q;;4*+1;/p-4. The molecule has 0 spiro atoms. The molecule has 0 aliphatic heterocycles. The third-order valence-electron chi connectivity index (χ3n) is 3.17. The van der Waals surface area contributed by atoms with Gasteiger partial charge < -0.3 is 44.1 Å². The van der Waals surface area contributed by atoms with E-state index in [0.717, 1.165) is 0 Å². The van der Waals surface area contributed by atoms with Gasteiger partial charge in [-0.15, -0.1) is 0 Å². The summed E-state index contributed by atoms with van der Waals surface area (Å²) in [6, 6.07) is 1.04. The molecule has 17 nitrogen and oxygen atoms in total. The second-order valence-electron chi connectivity index (χ2n) is 5.39. The van der Waals surface area contributed by atoms with Crippen LogP contribution in [0.2, 0.25) is 0 Å². The maximum atomic E-state index is 10.6. The van der Waals surface area contributed by atoms with Gasteiger partial charge in [0.05, 0.1) is 9.79 Å². The Kier molecular flexibility index (Phi) is 22.4. The molecule has 0 bridgehead atoms. The van der Waals surface area contributed by atoms with Crippen molar-refractivity contribution in [1.29, 1.82) is 0 Å². The van der Waals surface area contributed by atoms with Crippen LogP contribution in [0.4, 0.5) is 0 Å². The molecule has 0 aliphatic rings. The van der Waals surface area contributed by atoms with Crippen LogP contribution in [-0.4, -0.2) is 77.8 Å². The summed E-state index contributed by atoms with van der Waals surface area (Å²) < 4.78 is 127. The van der Waals surface area contributed by atoms with Gasteiger partial charge in [-0.25, -0.2) is 33.7 Å².